The minimum absolute atomic E-state index is 0.140. The Kier molecular flexibility index (Phi) is 5.91. The molecule has 0 radical (unpaired) electrons. The molecule has 2 aromatic rings. The number of benzene rings is 1. The monoisotopic (exact) mass is 398 g/mol. The van der Waals surface area contributed by atoms with Crippen LogP contribution < -0.4 is 10.2 Å². The molecule has 3 rings (SSSR count). The highest BCUT2D eigenvalue weighted by atomic mass is 16.6. The summed E-state index contributed by atoms with van der Waals surface area (Å²) in [5, 5.41) is 12.1. The van der Waals surface area contributed by atoms with E-state index in [1.165, 1.54) is 18.3 Å². The lowest BCUT2D eigenvalue weighted by atomic mass is 10.2. The van der Waals surface area contributed by atoms with Crippen LogP contribution in [-0.2, 0) is 4.74 Å². The summed E-state index contributed by atoms with van der Waals surface area (Å²) < 4.78 is 5.41. The smallest absolute Gasteiger partial charge is 0.410 e. The highest BCUT2D eigenvalue weighted by Crippen LogP contribution is 2.18. The molecule has 2 amide bonds. The molecule has 1 aromatic heterocycles. The highest BCUT2D eigenvalue weighted by molar-refractivity contribution is 6.04. The normalized spacial score (nSPS) is 14.4. The minimum atomic E-state index is -0.508. The minimum Gasteiger partial charge on any atom is -0.508 e. The van der Waals surface area contributed by atoms with Gasteiger partial charge in [0.2, 0.25) is 0 Å². The Labute approximate surface area is 170 Å². The van der Waals surface area contributed by atoms with Gasteiger partial charge in [-0.2, -0.15) is 0 Å². The number of pyridine rings is 1. The van der Waals surface area contributed by atoms with Gasteiger partial charge in [-0.1, -0.05) is 0 Å². The van der Waals surface area contributed by atoms with E-state index in [1.54, 1.807) is 29.2 Å². The molecule has 0 aliphatic carbocycles. The van der Waals surface area contributed by atoms with Crippen LogP contribution in [0, 0.1) is 0 Å². The number of anilines is 2. The largest absolute Gasteiger partial charge is 0.508 e. The SMILES string of the molecule is CC(C)(C)OC(=O)N1CCN(c2ccc(C(=O)Nc3ccc(O)cc3)cn2)CC1. The van der Waals surface area contributed by atoms with Crippen molar-refractivity contribution < 1.29 is 19.4 Å². The van der Waals surface area contributed by atoms with Crippen LogP contribution in [-0.4, -0.2) is 58.8 Å². The summed E-state index contributed by atoms with van der Waals surface area (Å²) in [6, 6.07) is 9.79. The average Bonchev–Trinajstić information content (AvgIpc) is 2.69. The Morgan fingerprint density at radius 3 is 2.24 bits per heavy atom. The maximum Gasteiger partial charge on any atom is 0.410 e. The molecule has 0 saturated carbocycles. The van der Waals surface area contributed by atoms with Crippen LogP contribution in [0.4, 0.5) is 16.3 Å². The van der Waals surface area contributed by atoms with Gasteiger partial charge in [0.1, 0.15) is 17.2 Å². The molecular formula is C21H26N4O4. The molecule has 1 aliphatic rings. The Hall–Kier alpha value is -3.29. The molecule has 29 heavy (non-hydrogen) atoms. The first-order valence-electron chi connectivity index (χ1n) is 9.50. The Balaban J connectivity index is 1.55. The molecule has 1 aromatic carbocycles. The summed E-state index contributed by atoms with van der Waals surface area (Å²) in [5.41, 5.74) is 0.524. The van der Waals surface area contributed by atoms with Crippen molar-refractivity contribution in [2.24, 2.45) is 0 Å². The number of rotatable bonds is 3. The predicted molar refractivity (Wildman–Crippen MR) is 110 cm³/mol. The maximum absolute atomic E-state index is 12.3. The number of carbonyl (C=O) groups is 2. The molecule has 0 bridgehead atoms. The first-order valence-corrected chi connectivity index (χ1v) is 9.50. The van der Waals surface area contributed by atoms with Crippen LogP contribution >= 0.6 is 0 Å². The van der Waals surface area contributed by atoms with E-state index in [1.807, 2.05) is 20.8 Å². The fourth-order valence-corrected chi connectivity index (χ4v) is 2.90. The number of phenolic OH excluding ortho intramolecular Hbond substituents is 1. The zero-order valence-corrected chi connectivity index (χ0v) is 16.9. The number of ether oxygens (including phenoxy) is 1. The van der Waals surface area contributed by atoms with Crippen molar-refractivity contribution >= 4 is 23.5 Å². The van der Waals surface area contributed by atoms with Gasteiger partial charge in [0, 0.05) is 38.1 Å². The van der Waals surface area contributed by atoms with Gasteiger partial charge in [0.25, 0.3) is 5.91 Å². The van der Waals surface area contributed by atoms with E-state index in [4.69, 9.17) is 4.74 Å². The fraction of sp³-hybridized carbons (Fsp3) is 0.381. The number of carbonyl (C=O) groups excluding carboxylic acids is 2. The van der Waals surface area contributed by atoms with Crippen LogP contribution in [0.15, 0.2) is 42.6 Å². The summed E-state index contributed by atoms with van der Waals surface area (Å²) in [5.74, 6) is 0.625. The second-order valence-corrected chi connectivity index (χ2v) is 7.86. The van der Waals surface area contributed by atoms with Crippen molar-refractivity contribution in [2.75, 3.05) is 36.4 Å². The first-order chi connectivity index (χ1) is 13.7. The van der Waals surface area contributed by atoms with Crippen molar-refractivity contribution in [2.45, 2.75) is 26.4 Å². The number of amides is 2. The summed E-state index contributed by atoms with van der Waals surface area (Å²) in [4.78, 5) is 32.7. The molecule has 0 atom stereocenters. The second kappa shape index (κ2) is 8.38. The summed E-state index contributed by atoms with van der Waals surface area (Å²) in [6.07, 6.45) is 1.23. The maximum atomic E-state index is 12.3. The molecule has 8 heteroatoms. The van der Waals surface area contributed by atoms with E-state index in [-0.39, 0.29) is 17.7 Å². The molecule has 0 spiro atoms. The second-order valence-electron chi connectivity index (χ2n) is 7.86. The molecule has 0 unspecified atom stereocenters. The van der Waals surface area contributed by atoms with Crippen LogP contribution in [0.1, 0.15) is 31.1 Å². The quantitative estimate of drug-likeness (QED) is 0.772. The zero-order valence-electron chi connectivity index (χ0n) is 16.9. The van der Waals surface area contributed by atoms with E-state index in [0.717, 1.165) is 5.82 Å². The van der Waals surface area contributed by atoms with Crippen molar-refractivity contribution in [3.8, 4) is 5.75 Å². The van der Waals surface area contributed by atoms with E-state index < -0.39 is 5.60 Å². The fourth-order valence-electron chi connectivity index (χ4n) is 2.90. The lowest BCUT2D eigenvalue weighted by molar-refractivity contribution is 0.0240. The predicted octanol–water partition coefficient (Wildman–Crippen LogP) is 3.10. The Morgan fingerprint density at radius 2 is 1.69 bits per heavy atom. The van der Waals surface area contributed by atoms with Crippen molar-refractivity contribution in [1.82, 2.24) is 9.88 Å². The van der Waals surface area contributed by atoms with E-state index in [2.05, 4.69) is 15.2 Å². The number of aromatic nitrogens is 1. The summed E-state index contributed by atoms with van der Waals surface area (Å²) in [7, 11) is 0. The molecule has 1 fully saturated rings. The van der Waals surface area contributed by atoms with Crippen LogP contribution in [0.3, 0.4) is 0 Å². The van der Waals surface area contributed by atoms with E-state index in [0.29, 0.717) is 37.4 Å². The number of aromatic hydroxyl groups is 1. The number of piperazine rings is 1. The standard InChI is InChI=1S/C21H26N4O4/c1-21(2,3)29-20(28)25-12-10-24(11-13-25)18-9-4-15(14-22-18)19(27)23-16-5-7-17(26)8-6-16/h4-9,14,26H,10-13H2,1-3H3,(H,23,27). The average molecular weight is 398 g/mol. The van der Waals surface area contributed by atoms with E-state index >= 15 is 0 Å². The summed E-state index contributed by atoms with van der Waals surface area (Å²) in [6.45, 7) is 7.95. The number of nitrogens with one attached hydrogen (secondary N) is 1. The van der Waals surface area contributed by atoms with Gasteiger partial charge < -0.3 is 25.0 Å². The third kappa shape index (κ3) is 5.60. The highest BCUT2D eigenvalue weighted by Gasteiger charge is 2.26. The van der Waals surface area contributed by atoms with Crippen LogP contribution in [0.5, 0.6) is 5.75 Å². The molecule has 154 valence electrons. The molecule has 2 heterocycles. The van der Waals surface area contributed by atoms with Crippen molar-refractivity contribution in [3.05, 3.63) is 48.2 Å². The van der Waals surface area contributed by atoms with Gasteiger partial charge in [0.05, 0.1) is 5.56 Å². The third-order valence-electron chi connectivity index (χ3n) is 4.39. The third-order valence-corrected chi connectivity index (χ3v) is 4.39. The van der Waals surface area contributed by atoms with Gasteiger partial charge >= 0.3 is 6.09 Å². The lowest BCUT2D eigenvalue weighted by Gasteiger charge is -2.36. The molecular weight excluding hydrogens is 372 g/mol. The van der Waals surface area contributed by atoms with Gasteiger partial charge in [-0.15, -0.1) is 0 Å². The zero-order chi connectivity index (χ0) is 21.0. The van der Waals surface area contributed by atoms with Gasteiger partial charge in [-0.05, 0) is 57.2 Å². The van der Waals surface area contributed by atoms with Crippen LogP contribution in [0.2, 0.25) is 0 Å². The lowest BCUT2D eigenvalue weighted by Crippen LogP contribution is -2.50. The van der Waals surface area contributed by atoms with Gasteiger partial charge in [-0.3, -0.25) is 4.79 Å². The number of nitrogens with zero attached hydrogens (tertiary/aromatic N) is 3. The molecule has 8 nitrogen and oxygen atoms in total. The Bertz CT molecular complexity index is 852. The van der Waals surface area contributed by atoms with Crippen molar-refractivity contribution in [3.63, 3.8) is 0 Å². The number of hydrogen-bond acceptors (Lipinski definition) is 6. The number of hydrogen-bond donors (Lipinski definition) is 2. The Morgan fingerprint density at radius 1 is 1.03 bits per heavy atom. The molecule has 1 aliphatic heterocycles. The van der Waals surface area contributed by atoms with Crippen molar-refractivity contribution in [1.29, 1.82) is 0 Å². The summed E-state index contributed by atoms with van der Waals surface area (Å²) >= 11 is 0. The topological polar surface area (TPSA) is 95.0 Å². The molecule has 1 saturated heterocycles. The molecule has 2 N–H and O–H groups in total. The van der Waals surface area contributed by atoms with Gasteiger partial charge in [0.15, 0.2) is 0 Å². The number of phenols is 1. The van der Waals surface area contributed by atoms with Gasteiger partial charge in [-0.25, -0.2) is 9.78 Å². The first kappa shape index (κ1) is 20.4. The van der Waals surface area contributed by atoms with E-state index in [9.17, 15) is 14.7 Å². The van der Waals surface area contributed by atoms with Crippen LogP contribution in [0.25, 0.3) is 0 Å².